The van der Waals surface area contributed by atoms with Crippen LogP contribution in [0.2, 0.25) is 0 Å². The minimum atomic E-state index is -2.33. The molecule has 0 N–H and O–H groups in total. The molecule has 0 radical (unpaired) electrons. The predicted molar refractivity (Wildman–Crippen MR) is 360 cm³/mol. The maximum atomic E-state index is 13.0. The second kappa shape index (κ2) is 29.6. The fourth-order valence-corrected chi connectivity index (χ4v) is 12.2. The summed E-state index contributed by atoms with van der Waals surface area (Å²) < 4.78 is 50.0. The highest BCUT2D eigenvalue weighted by atomic mass is 19.3. The highest BCUT2D eigenvalue weighted by Crippen LogP contribution is 2.57. The predicted octanol–water partition coefficient (Wildman–Crippen LogP) is 27.8. The van der Waals surface area contributed by atoms with Crippen LogP contribution in [0.3, 0.4) is 0 Å². The maximum Gasteiger partial charge on any atom is 0.251 e. The molecule has 4 heteroatoms. The second-order valence-electron chi connectivity index (χ2n) is 42.1. The minimum Gasteiger partial charge on any atom is -0.247 e. The van der Waals surface area contributed by atoms with Gasteiger partial charge in [-0.2, -0.15) is 0 Å². The molecule has 0 saturated heterocycles. The van der Waals surface area contributed by atoms with Crippen LogP contribution in [0.15, 0.2) is 0 Å². The van der Waals surface area contributed by atoms with Crippen LogP contribution in [0.25, 0.3) is 0 Å². The molecule has 0 aromatic rings. The molecular formula is C78H152F4. The van der Waals surface area contributed by atoms with Crippen molar-refractivity contribution in [1.29, 1.82) is 0 Å². The SMILES string of the molecule is CC(C)(C)CC1(C)CC1.CC(C)(C)CC1(C)CC1.CC(C)(C)CC1(F)CC1.CC(C)(C)CC1CC1.CC(C)(C)CC1CC1(C)C.CC(C)(C)CC1CC1(F)F.CC(C)(C)CC1CC1F.CC(C)(C)CCC1CC1.CC(C1CC1)C(C)(C)C. The molecule has 0 spiro atoms. The number of alkyl halides is 4. The fraction of sp³-hybridized carbons (Fsp3) is 1.00. The molecule has 0 amide bonds. The van der Waals surface area contributed by atoms with Gasteiger partial charge in [0.05, 0.1) is 0 Å². The van der Waals surface area contributed by atoms with Crippen molar-refractivity contribution in [1.82, 2.24) is 0 Å². The smallest absolute Gasteiger partial charge is 0.247 e. The van der Waals surface area contributed by atoms with Crippen molar-refractivity contribution in [3.05, 3.63) is 0 Å². The zero-order chi connectivity index (χ0) is 64.6. The largest absolute Gasteiger partial charge is 0.251 e. The van der Waals surface area contributed by atoms with Gasteiger partial charge >= 0.3 is 0 Å². The lowest BCUT2D eigenvalue weighted by molar-refractivity contribution is 0.0884. The van der Waals surface area contributed by atoms with Crippen LogP contribution in [0.1, 0.15) is 376 Å². The molecule has 0 aromatic heterocycles. The molecule has 9 rings (SSSR count). The Bertz CT molecular complexity index is 1640. The number of rotatable bonds is 10. The first-order chi connectivity index (χ1) is 36.0. The monoisotopic (exact) mass is 1170 g/mol. The summed E-state index contributed by atoms with van der Waals surface area (Å²) in [7, 11) is 0. The first kappa shape index (κ1) is 79.7. The molecule has 5 unspecified atom stereocenters. The molecule has 9 aliphatic carbocycles. The van der Waals surface area contributed by atoms with Gasteiger partial charge in [-0.3, -0.25) is 0 Å². The van der Waals surface area contributed by atoms with Crippen molar-refractivity contribution in [2.75, 3.05) is 0 Å². The summed E-state index contributed by atoms with van der Waals surface area (Å²) in [5.74, 6) is 2.94. The Morgan fingerprint density at radius 3 is 0.854 bits per heavy atom. The Morgan fingerprint density at radius 2 is 0.732 bits per heavy atom. The average molecular weight is 1170 g/mol. The van der Waals surface area contributed by atoms with Gasteiger partial charge in [0.15, 0.2) is 0 Å². The van der Waals surface area contributed by atoms with Crippen molar-refractivity contribution < 1.29 is 17.6 Å². The molecule has 0 bridgehead atoms. The van der Waals surface area contributed by atoms with Crippen molar-refractivity contribution in [3.8, 4) is 0 Å². The van der Waals surface area contributed by atoms with E-state index in [0.29, 0.717) is 55.7 Å². The quantitative estimate of drug-likeness (QED) is 0.191. The van der Waals surface area contributed by atoms with Gasteiger partial charge in [0.25, 0.3) is 5.92 Å². The van der Waals surface area contributed by atoms with Crippen LogP contribution in [0, 0.1) is 106 Å². The molecule has 0 nitrogen and oxygen atoms in total. The molecule has 82 heavy (non-hydrogen) atoms. The van der Waals surface area contributed by atoms with Crippen molar-refractivity contribution in [2.45, 2.75) is 393 Å². The molecule has 9 fully saturated rings. The van der Waals surface area contributed by atoms with Gasteiger partial charge < -0.3 is 0 Å². The lowest BCUT2D eigenvalue weighted by atomic mass is 9.79. The third kappa shape index (κ3) is 47.7. The summed E-state index contributed by atoms with van der Waals surface area (Å²) in [6.07, 6.45) is 29.3. The van der Waals surface area contributed by atoms with E-state index in [4.69, 9.17) is 0 Å². The standard InChI is InChI=1S/C10H20.4C9H18.C8H14F2.2C8H15F.C8H16/c1-9(2,3)6-8-7-10(8,4)5;2*1-8(2,3)7-9(4)5-6-9;1-7(8-5-6-8)9(2,3)4;1-9(2,3)7-6-8-4-5-8;1-7(2,3)4-6-5-8(6,9)10;1-8(2,3)5-6-4-7(6)9;1-7(2,3)6-8(9)4-5-8;1-8(2,3)6-7-4-5-7/h8H,6-7H2,1-5H3;2*5-7H2,1-4H3;7-8H,5-6H2,1-4H3;8H,4-7H2,1-3H3;6H,4-5H2,1-3H3;6-7H,4-5H2,1-3H3;4-6H2,1-3H3;7H,4-6H2,1-3H3. The Kier molecular flexibility index (Phi) is 28.7. The van der Waals surface area contributed by atoms with E-state index >= 15 is 0 Å². The first-order valence-electron chi connectivity index (χ1n) is 34.7. The highest BCUT2D eigenvalue weighted by Gasteiger charge is 2.57. The van der Waals surface area contributed by atoms with E-state index in [-0.39, 0.29) is 23.2 Å². The minimum absolute atomic E-state index is 0.0601. The van der Waals surface area contributed by atoms with E-state index in [2.05, 4.69) is 201 Å². The summed E-state index contributed by atoms with van der Waals surface area (Å²) in [6, 6.07) is 0. The van der Waals surface area contributed by atoms with E-state index in [1.807, 2.05) is 20.8 Å². The van der Waals surface area contributed by atoms with Gasteiger partial charge in [-0.15, -0.1) is 0 Å². The summed E-state index contributed by atoms with van der Waals surface area (Å²) in [5.41, 5.74) is 5.27. The van der Waals surface area contributed by atoms with Gasteiger partial charge in [0.2, 0.25) is 0 Å². The maximum absolute atomic E-state index is 13.0. The van der Waals surface area contributed by atoms with Gasteiger partial charge in [0, 0.05) is 12.3 Å². The molecule has 9 aliphatic rings. The Labute approximate surface area is 514 Å². The Hall–Kier alpha value is -0.280. The van der Waals surface area contributed by atoms with Crippen LogP contribution in [0.4, 0.5) is 17.6 Å². The van der Waals surface area contributed by atoms with E-state index in [1.165, 1.54) is 109 Å². The van der Waals surface area contributed by atoms with Gasteiger partial charge in [-0.25, -0.2) is 17.6 Å². The molecule has 0 aromatic carbocycles. The first-order valence-corrected chi connectivity index (χ1v) is 34.7. The zero-order valence-corrected chi connectivity index (χ0v) is 62.1. The second-order valence-corrected chi connectivity index (χ2v) is 42.1. The number of halogens is 4. The topological polar surface area (TPSA) is 0 Å². The third-order valence-electron chi connectivity index (χ3n) is 18.2. The zero-order valence-electron chi connectivity index (χ0n) is 62.1. The van der Waals surface area contributed by atoms with E-state index < -0.39 is 17.8 Å². The van der Waals surface area contributed by atoms with Crippen LogP contribution in [0.5, 0.6) is 0 Å². The van der Waals surface area contributed by atoms with Crippen LogP contribution in [-0.4, -0.2) is 17.8 Å². The van der Waals surface area contributed by atoms with Crippen LogP contribution in [-0.2, 0) is 0 Å². The highest BCUT2D eigenvalue weighted by molar-refractivity contribution is 4.99. The lowest BCUT2D eigenvalue weighted by Gasteiger charge is -2.26. The lowest BCUT2D eigenvalue weighted by Crippen LogP contribution is -2.18. The molecule has 5 atom stereocenters. The van der Waals surface area contributed by atoms with Gasteiger partial charge in [-0.05, 0) is 222 Å². The molecule has 9 saturated carbocycles. The normalized spacial score (nSPS) is 26.0. The summed E-state index contributed by atoms with van der Waals surface area (Å²) in [6.45, 7) is 72.7. The van der Waals surface area contributed by atoms with E-state index in [9.17, 15) is 17.6 Å². The molecule has 492 valence electrons. The van der Waals surface area contributed by atoms with Crippen LogP contribution >= 0.6 is 0 Å². The Balaban J connectivity index is 0.000000462. The van der Waals surface area contributed by atoms with Crippen molar-refractivity contribution in [2.24, 2.45) is 106 Å². The summed E-state index contributed by atoms with van der Waals surface area (Å²) in [5, 5.41) is 0. The van der Waals surface area contributed by atoms with E-state index in [1.54, 1.807) is 0 Å². The van der Waals surface area contributed by atoms with Gasteiger partial charge in [0.1, 0.15) is 11.8 Å². The number of hydrogen-bond acceptors (Lipinski definition) is 0. The van der Waals surface area contributed by atoms with Crippen molar-refractivity contribution in [3.63, 3.8) is 0 Å². The fourth-order valence-electron chi connectivity index (χ4n) is 12.2. The molecular weight excluding hydrogens is 1010 g/mol. The Morgan fingerprint density at radius 1 is 0.402 bits per heavy atom. The average Bonchev–Trinajstić information content (AvgIpc) is 3.95. The van der Waals surface area contributed by atoms with Crippen LogP contribution < -0.4 is 0 Å². The molecule has 0 aliphatic heterocycles. The van der Waals surface area contributed by atoms with Crippen molar-refractivity contribution >= 4 is 0 Å². The molecule has 0 heterocycles. The summed E-state index contributed by atoms with van der Waals surface area (Å²) >= 11 is 0. The van der Waals surface area contributed by atoms with E-state index in [0.717, 1.165) is 72.5 Å². The summed E-state index contributed by atoms with van der Waals surface area (Å²) in [4.78, 5) is 0. The van der Waals surface area contributed by atoms with Gasteiger partial charge in [-0.1, -0.05) is 247 Å². The number of hydrogen-bond donors (Lipinski definition) is 0. The third-order valence-corrected chi connectivity index (χ3v) is 18.2.